The van der Waals surface area contributed by atoms with Gasteiger partial charge in [-0.05, 0) is 71.2 Å². The Morgan fingerprint density at radius 2 is 1.94 bits per heavy atom. The number of methoxy groups -OCH3 is 1. The van der Waals surface area contributed by atoms with Gasteiger partial charge >= 0.3 is 5.97 Å². The molecule has 36 heavy (non-hydrogen) atoms. The van der Waals surface area contributed by atoms with Crippen LogP contribution in [0.5, 0.6) is 5.88 Å². The average Bonchev–Trinajstić information content (AvgIpc) is 3.23. The van der Waals surface area contributed by atoms with Crippen LogP contribution in [0.4, 0.5) is 4.39 Å². The molecule has 1 fully saturated rings. The smallest absolute Gasteiger partial charge is 0.328 e. The lowest BCUT2D eigenvalue weighted by Gasteiger charge is -2.32. The van der Waals surface area contributed by atoms with Gasteiger partial charge in [-0.15, -0.1) is 5.10 Å². The minimum atomic E-state index is -1.00. The van der Waals surface area contributed by atoms with E-state index in [1.807, 2.05) is 61.7 Å². The summed E-state index contributed by atoms with van der Waals surface area (Å²) in [4.78, 5) is 15.4. The Labute approximate surface area is 208 Å². The van der Waals surface area contributed by atoms with Crippen molar-refractivity contribution in [2.24, 2.45) is 5.92 Å². The number of H-pyrrole nitrogens is 1. The number of pyridine rings is 1. The van der Waals surface area contributed by atoms with Gasteiger partial charge in [0, 0.05) is 23.9 Å². The second kappa shape index (κ2) is 9.77. The largest absolute Gasteiger partial charge is 0.481 e. The van der Waals surface area contributed by atoms with E-state index in [1.54, 1.807) is 13.2 Å². The number of fused-ring (bicyclic) bond motifs is 1. The second-order valence-corrected chi connectivity index (χ2v) is 8.99. The zero-order valence-electron chi connectivity index (χ0n) is 20.1. The number of nitrogens with one attached hydrogen (secondary N) is 1. The van der Waals surface area contributed by atoms with Crippen molar-refractivity contribution in [3.63, 3.8) is 0 Å². The van der Waals surface area contributed by atoms with Gasteiger partial charge in [-0.2, -0.15) is 4.39 Å². The minimum absolute atomic E-state index is 0.297. The molecule has 0 bridgehead atoms. The van der Waals surface area contributed by atoms with E-state index in [0.29, 0.717) is 22.7 Å². The van der Waals surface area contributed by atoms with Crippen LogP contribution in [-0.4, -0.2) is 33.4 Å². The molecule has 2 aromatic carbocycles. The first-order valence-electron chi connectivity index (χ1n) is 11.9. The predicted molar refractivity (Wildman–Crippen MR) is 138 cm³/mol. The minimum Gasteiger partial charge on any atom is -0.481 e. The third-order valence-corrected chi connectivity index (χ3v) is 6.80. The molecule has 2 heterocycles. The number of ether oxygens (including phenoxy) is 1. The molecule has 4 aromatic rings. The standard InChI is InChI=1S/C29H26FN3O3/c1-17-15-24(36-2)31-16-22(17)27(19-5-3-6-19)26(20-12-9-18(10-13-20)11-14-25(34)35)21-7-4-8-23-28(21)29(30)33-32-23/h4,7-16,19H,3,5-6H2,1-2H3,(H,32,33)(H,34,35). The Morgan fingerprint density at radius 1 is 1.17 bits per heavy atom. The highest BCUT2D eigenvalue weighted by atomic mass is 19.1. The van der Waals surface area contributed by atoms with Crippen molar-refractivity contribution in [3.05, 3.63) is 94.6 Å². The molecule has 1 aliphatic rings. The Balaban J connectivity index is 1.80. The van der Waals surface area contributed by atoms with Gasteiger partial charge in [0.1, 0.15) is 0 Å². The molecule has 0 amide bonds. The van der Waals surface area contributed by atoms with Gasteiger partial charge in [-0.3, -0.25) is 5.10 Å². The fraction of sp³-hybridized carbons (Fsp3) is 0.207. The van der Waals surface area contributed by atoms with Crippen molar-refractivity contribution in [1.29, 1.82) is 0 Å². The summed E-state index contributed by atoms with van der Waals surface area (Å²) in [6, 6.07) is 15.2. The maximum atomic E-state index is 15.0. The number of carbonyl (C=O) groups is 1. The summed E-state index contributed by atoms with van der Waals surface area (Å²) < 4.78 is 20.3. The van der Waals surface area contributed by atoms with Crippen LogP contribution in [0.3, 0.4) is 0 Å². The number of aromatic amines is 1. The van der Waals surface area contributed by atoms with Crippen molar-refractivity contribution in [3.8, 4) is 5.88 Å². The van der Waals surface area contributed by atoms with E-state index >= 15 is 4.39 Å². The average molecular weight is 484 g/mol. The van der Waals surface area contributed by atoms with E-state index in [4.69, 9.17) is 9.84 Å². The van der Waals surface area contributed by atoms with Gasteiger partial charge in [0.2, 0.25) is 11.8 Å². The van der Waals surface area contributed by atoms with Crippen LogP contribution in [-0.2, 0) is 4.79 Å². The van der Waals surface area contributed by atoms with Gasteiger partial charge in [0.25, 0.3) is 0 Å². The number of carboxylic acid groups (broad SMARTS) is 1. The van der Waals surface area contributed by atoms with Crippen molar-refractivity contribution in [2.75, 3.05) is 7.11 Å². The van der Waals surface area contributed by atoms with E-state index in [0.717, 1.165) is 64.3 Å². The predicted octanol–water partition coefficient (Wildman–Crippen LogP) is 6.27. The van der Waals surface area contributed by atoms with Gasteiger partial charge in [-0.25, -0.2) is 9.78 Å². The molecule has 1 saturated carbocycles. The number of nitrogens with zero attached hydrogens (tertiary/aromatic N) is 2. The first-order chi connectivity index (χ1) is 17.5. The normalized spacial score (nSPS) is 14.6. The van der Waals surface area contributed by atoms with Gasteiger partial charge < -0.3 is 9.84 Å². The molecule has 6 nitrogen and oxygen atoms in total. The summed E-state index contributed by atoms with van der Waals surface area (Å²) in [6.45, 7) is 2.04. The number of halogens is 1. The number of allylic oxidation sites excluding steroid dienone is 1. The quantitative estimate of drug-likeness (QED) is 0.303. The summed E-state index contributed by atoms with van der Waals surface area (Å²) in [7, 11) is 1.60. The zero-order valence-corrected chi connectivity index (χ0v) is 20.1. The number of aliphatic carboxylic acids is 1. The molecule has 0 unspecified atom stereocenters. The Morgan fingerprint density at radius 3 is 2.58 bits per heavy atom. The molecule has 1 aliphatic carbocycles. The van der Waals surface area contributed by atoms with Crippen molar-refractivity contribution >= 4 is 34.1 Å². The summed E-state index contributed by atoms with van der Waals surface area (Å²) in [5.74, 6) is -0.706. The zero-order chi connectivity index (χ0) is 25.2. The highest BCUT2D eigenvalue weighted by Gasteiger charge is 2.29. The van der Waals surface area contributed by atoms with E-state index in [1.165, 1.54) is 0 Å². The topological polar surface area (TPSA) is 88.1 Å². The molecule has 0 spiro atoms. The number of hydrogen-bond donors (Lipinski definition) is 2. The maximum Gasteiger partial charge on any atom is 0.328 e. The van der Waals surface area contributed by atoms with Crippen molar-refractivity contribution < 1.29 is 19.0 Å². The summed E-state index contributed by atoms with van der Waals surface area (Å²) >= 11 is 0. The van der Waals surface area contributed by atoms with E-state index in [9.17, 15) is 4.79 Å². The molecular formula is C29H26FN3O3. The number of rotatable bonds is 7. The summed E-state index contributed by atoms with van der Waals surface area (Å²) in [5, 5.41) is 16.0. The number of benzene rings is 2. The molecular weight excluding hydrogens is 457 g/mol. The van der Waals surface area contributed by atoms with Gasteiger partial charge in [0.15, 0.2) is 0 Å². The Kier molecular flexibility index (Phi) is 6.38. The van der Waals surface area contributed by atoms with E-state index in [-0.39, 0.29) is 0 Å². The third-order valence-electron chi connectivity index (χ3n) is 6.80. The fourth-order valence-electron chi connectivity index (χ4n) is 4.81. The lowest BCUT2D eigenvalue weighted by molar-refractivity contribution is -0.131. The number of carboxylic acids is 1. The van der Waals surface area contributed by atoms with Crippen molar-refractivity contribution in [2.45, 2.75) is 26.2 Å². The Hall–Kier alpha value is -4.26. The molecule has 5 rings (SSSR count). The maximum absolute atomic E-state index is 15.0. The van der Waals surface area contributed by atoms with Gasteiger partial charge in [-0.1, -0.05) is 42.8 Å². The van der Waals surface area contributed by atoms with Gasteiger partial charge in [0.05, 0.1) is 18.0 Å². The van der Waals surface area contributed by atoms with Crippen LogP contribution in [0.1, 0.15) is 47.1 Å². The van der Waals surface area contributed by atoms with Crippen LogP contribution in [0, 0.1) is 18.8 Å². The summed E-state index contributed by atoms with van der Waals surface area (Å²) in [5.41, 5.74) is 7.14. The highest BCUT2D eigenvalue weighted by molar-refractivity contribution is 6.06. The molecule has 2 aromatic heterocycles. The lowest BCUT2D eigenvalue weighted by Crippen LogP contribution is -2.16. The molecule has 0 aliphatic heterocycles. The number of hydrogen-bond acceptors (Lipinski definition) is 4. The summed E-state index contributed by atoms with van der Waals surface area (Å²) in [6.07, 6.45) is 7.71. The molecule has 7 heteroatoms. The van der Waals surface area contributed by atoms with Crippen LogP contribution in [0.15, 0.2) is 60.8 Å². The monoisotopic (exact) mass is 483 g/mol. The van der Waals surface area contributed by atoms with Crippen LogP contribution in [0.25, 0.3) is 28.1 Å². The number of aromatic nitrogens is 3. The fourth-order valence-corrected chi connectivity index (χ4v) is 4.81. The Bertz CT molecular complexity index is 1500. The third kappa shape index (κ3) is 4.40. The molecule has 0 radical (unpaired) electrons. The highest BCUT2D eigenvalue weighted by Crippen LogP contribution is 2.47. The first-order valence-corrected chi connectivity index (χ1v) is 11.9. The SMILES string of the molecule is COc1cc(C)c(C(=C(c2ccc(C=CC(=O)O)cc2)c2cccc3[nH]nc(F)c23)C2CCC2)cn1. The molecule has 182 valence electrons. The number of aryl methyl sites for hydroxylation is 1. The van der Waals surface area contributed by atoms with Crippen LogP contribution >= 0.6 is 0 Å². The lowest BCUT2D eigenvalue weighted by atomic mass is 9.72. The first kappa shape index (κ1) is 23.5. The molecule has 2 N–H and O–H groups in total. The molecule has 0 atom stereocenters. The van der Waals surface area contributed by atoms with E-state index < -0.39 is 11.9 Å². The van der Waals surface area contributed by atoms with Crippen LogP contribution in [0.2, 0.25) is 0 Å². The van der Waals surface area contributed by atoms with Crippen LogP contribution < -0.4 is 4.74 Å². The van der Waals surface area contributed by atoms with Crippen molar-refractivity contribution in [1.82, 2.24) is 15.2 Å². The second-order valence-electron chi connectivity index (χ2n) is 8.99. The molecule has 0 saturated heterocycles. The van der Waals surface area contributed by atoms with E-state index in [2.05, 4.69) is 15.2 Å².